The Morgan fingerprint density at radius 1 is 1.39 bits per heavy atom. The van der Waals surface area contributed by atoms with E-state index in [-0.39, 0.29) is 25.4 Å². The van der Waals surface area contributed by atoms with E-state index in [0.717, 1.165) is 4.72 Å². The molecule has 106 valence electrons. The van der Waals surface area contributed by atoms with Crippen LogP contribution < -0.4 is 9.83 Å². The number of rotatable bonds is 6. The molecule has 1 atom stereocenters. The van der Waals surface area contributed by atoms with Crippen molar-refractivity contribution in [2.75, 3.05) is 26.3 Å². The van der Waals surface area contributed by atoms with E-state index < -0.39 is 22.2 Å². The number of aliphatic carboxylic acids is 1. The summed E-state index contributed by atoms with van der Waals surface area (Å²) in [5.74, 6) is -1.26. The van der Waals surface area contributed by atoms with Gasteiger partial charge in [0, 0.05) is 19.5 Å². The maximum absolute atomic E-state index is 12.0. The van der Waals surface area contributed by atoms with Gasteiger partial charge in [-0.1, -0.05) is 13.8 Å². The third-order valence-electron chi connectivity index (χ3n) is 2.69. The van der Waals surface area contributed by atoms with Crippen LogP contribution in [0.4, 0.5) is 0 Å². The second-order valence-electron chi connectivity index (χ2n) is 4.75. The highest BCUT2D eigenvalue weighted by Gasteiger charge is 2.31. The van der Waals surface area contributed by atoms with Gasteiger partial charge in [0.05, 0.1) is 13.2 Å². The molecule has 0 amide bonds. The van der Waals surface area contributed by atoms with Crippen LogP contribution in [0.3, 0.4) is 0 Å². The van der Waals surface area contributed by atoms with E-state index in [9.17, 15) is 18.3 Å². The quantitative estimate of drug-likeness (QED) is 0.570. The van der Waals surface area contributed by atoms with E-state index in [1.54, 1.807) is 0 Å². The van der Waals surface area contributed by atoms with Gasteiger partial charge in [0.25, 0.3) is 0 Å². The lowest BCUT2D eigenvalue weighted by Crippen LogP contribution is -2.97. The molecule has 0 aromatic carbocycles. The van der Waals surface area contributed by atoms with Gasteiger partial charge in [-0.05, 0) is 5.92 Å². The molecule has 1 aliphatic rings. The first-order valence-electron chi connectivity index (χ1n) is 5.96. The maximum atomic E-state index is 12.0. The van der Waals surface area contributed by atoms with Crippen LogP contribution in [0.1, 0.15) is 20.3 Å². The van der Waals surface area contributed by atoms with E-state index >= 15 is 0 Å². The zero-order chi connectivity index (χ0) is 13.8. The van der Waals surface area contributed by atoms with Gasteiger partial charge in [-0.2, -0.15) is 12.7 Å². The van der Waals surface area contributed by atoms with Crippen molar-refractivity contribution >= 4 is 16.2 Å². The highest BCUT2D eigenvalue weighted by atomic mass is 32.2. The smallest absolute Gasteiger partial charge is 0.370 e. The van der Waals surface area contributed by atoms with Gasteiger partial charge in [0.1, 0.15) is 12.0 Å². The summed E-state index contributed by atoms with van der Waals surface area (Å²) in [6.45, 7) is 4.89. The molecule has 0 aliphatic carbocycles. The number of hydrogen-bond donors (Lipinski definition) is 1. The molecule has 1 aliphatic heterocycles. The molecule has 0 saturated carbocycles. The molecule has 8 heteroatoms. The highest BCUT2D eigenvalue weighted by Crippen LogP contribution is 2.03. The summed E-state index contributed by atoms with van der Waals surface area (Å²) in [7, 11) is -3.67. The highest BCUT2D eigenvalue weighted by molar-refractivity contribution is 7.82. The van der Waals surface area contributed by atoms with Crippen LogP contribution in [-0.4, -0.2) is 51.0 Å². The summed E-state index contributed by atoms with van der Waals surface area (Å²) in [5.41, 5.74) is 0. The van der Waals surface area contributed by atoms with Crippen LogP contribution in [-0.2, 0) is 19.7 Å². The lowest BCUT2D eigenvalue weighted by atomic mass is 10.1. The Kier molecular flexibility index (Phi) is 5.51. The Morgan fingerprint density at radius 3 is 2.39 bits per heavy atom. The molecule has 0 aromatic heterocycles. The first-order valence-corrected chi connectivity index (χ1v) is 7.47. The zero-order valence-electron chi connectivity index (χ0n) is 10.7. The summed E-state index contributed by atoms with van der Waals surface area (Å²) >= 11 is 0. The van der Waals surface area contributed by atoms with Crippen molar-refractivity contribution in [1.29, 1.82) is 0 Å². The van der Waals surface area contributed by atoms with Gasteiger partial charge < -0.3 is 14.6 Å². The zero-order valence-corrected chi connectivity index (χ0v) is 11.5. The molecule has 0 aromatic rings. The average molecular weight is 280 g/mol. The number of carbonyl (C=O) groups is 1. The monoisotopic (exact) mass is 280 g/mol. The summed E-state index contributed by atoms with van der Waals surface area (Å²) in [6, 6.07) is -1.07. The van der Waals surface area contributed by atoms with Crippen LogP contribution >= 0.6 is 0 Å². The molecule has 1 rings (SSSR count). The van der Waals surface area contributed by atoms with Crippen molar-refractivity contribution in [2.45, 2.75) is 26.3 Å². The molecular weight excluding hydrogens is 260 g/mol. The van der Waals surface area contributed by atoms with Crippen molar-refractivity contribution in [3.05, 3.63) is 0 Å². The molecule has 0 unspecified atom stereocenters. The third kappa shape index (κ3) is 4.52. The summed E-state index contributed by atoms with van der Waals surface area (Å²) in [5, 5.41) is 10.9. The van der Waals surface area contributed by atoms with Crippen molar-refractivity contribution < 1.29 is 27.8 Å². The van der Waals surface area contributed by atoms with Gasteiger partial charge in [-0.25, -0.2) is 4.72 Å². The number of ether oxygens (including phenoxy) is 1. The van der Waals surface area contributed by atoms with Crippen LogP contribution in [0.2, 0.25) is 0 Å². The number of carboxylic acids is 1. The normalized spacial score (nSPS) is 19.9. The Balaban J connectivity index is 2.68. The summed E-state index contributed by atoms with van der Waals surface area (Å²) in [4.78, 5) is 10.9. The van der Waals surface area contributed by atoms with E-state index in [1.807, 2.05) is 13.8 Å². The minimum atomic E-state index is -3.67. The number of quaternary nitrogens is 1. The first-order chi connectivity index (χ1) is 8.33. The van der Waals surface area contributed by atoms with E-state index in [1.165, 1.54) is 4.31 Å². The van der Waals surface area contributed by atoms with Crippen molar-refractivity contribution in [3.63, 3.8) is 0 Å². The topological polar surface area (TPSA) is 103 Å². The third-order valence-corrected chi connectivity index (χ3v) is 4.45. The minimum absolute atomic E-state index is 0.0871. The Hall–Kier alpha value is -0.700. The number of morpholine rings is 1. The van der Waals surface area contributed by atoms with Crippen molar-refractivity contribution in [2.24, 2.45) is 5.92 Å². The number of nitrogens with two attached hydrogens (primary N) is 1. The number of nitrogens with zero attached hydrogens (tertiary/aromatic N) is 1. The Labute approximate surface area is 107 Å². The minimum Gasteiger partial charge on any atom is -0.544 e. The largest absolute Gasteiger partial charge is 0.544 e. The van der Waals surface area contributed by atoms with Gasteiger partial charge >= 0.3 is 10.2 Å². The molecule has 18 heavy (non-hydrogen) atoms. The first kappa shape index (κ1) is 15.4. The number of carboxylic acid groups (broad SMARTS) is 1. The van der Waals surface area contributed by atoms with Gasteiger partial charge in [-0.3, -0.25) is 0 Å². The molecule has 1 saturated heterocycles. The second kappa shape index (κ2) is 6.46. The molecule has 0 radical (unpaired) electrons. The van der Waals surface area contributed by atoms with Gasteiger partial charge in [-0.15, -0.1) is 0 Å². The fourth-order valence-corrected chi connectivity index (χ4v) is 3.28. The van der Waals surface area contributed by atoms with E-state index in [0.29, 0.717) is 13.2 Å². The maximum Gasteiger partial charge on any atom is 0.370 e. The molecule has 0 bridgehead atoms. The van der Waals surface area contributed by atoms with Crippen LogP contribution in [0.15, 0.2) is 0 Å². The molecule has 1 heterocycles. The van der Waals surface area contributed by atoms with Crippen molar-refractivity contribution in [3.8, 4) is 0 Å². The van der Waals surface area contributed by atoms with Crippen LogP contribution in [0.25, 0.3) is 0 Å². The van der Waals surface area contributed by atoms with E-state index in [4.69, 9.17) is 4.74 Å². The molecule has 0 spiro atoms. The number of hydrogen-bond acceptors (Lipinski definition) is 5. The number of carbonyl (C=O) groups excluding carboxylic acids is 1. The van der Waals surface area contributed by atoms with Crippen LogP contribution in [0.5, 0.6) is 0 Å². The fraction of sp³-hybridized carbons (Fsp3) is 0.900. The van der Waals surface area contributed by atoms with Crippen LogP contribution in [0, 0.1) is 5.92 Å². The van der Waals surface area contributed by atoms with Gasteiger partial charge in [0.2, 0.25) is 0 Å². The SMILES string of the molecule is CC(C)C[C@@H]([NH2+]S(=O)(=O)N1CCOCC1)C(=O)[O-]. The predicted molar refractivity (Wildman–Crippen MR) is 61.5 cm³/mol. The lowest BCUT2D eigenvalue weighted by molar-refractivity contribution is -0.546. The molecule has 2 N–H and O–H groups in total. The Morgan fingerprint density at radius 2 is 1.94 bits per heavy atom. The second-order valence-corrected chi connectivity index (χ2v) is 6.57. The molecule has 7 nitrogen and oxygen atoms in total. The summed E-state index contributed by atoms with van der Waals surface area (Å²) < 4.78 is 31.2. The molecule has 1 fully saturated rings. The lowest BCUT2D eigenvalue weighted by Gasteiger charge is -2.26. The standard InChI is InChI=1S/C10H20N2O5S/c1-8(2)7-9(10(13)14)11-18(15,16)12-3-5-17-6-4-12/h8-9,11H,3-7H2,1-2H3,(H,13,14)/t9-/m1/s1. The predicted octanol–water partition coefficient (Wildman–Crippen LogP) is -2.71. The summed E-state index contributed by atoms with van der Waals surface area (Å²) in [6.07, 6.45) is 0.256. The molecular formula is C10H20N2O5S. The van der Waals surface area contributed by atoms with Crippen molar-refractivity contribution in [1.82, 2.24) is 4.31 Å². The van der Waals surface area contributed by atoms with Gasteiger partial charge in [0.15, 0.2) is 0 Å². The van der Waals surface area contributed by atoms with E-state index in [2.05, 4.69) is 0 Å². The average Bonchev–Trinajstić information content (AvgIpc) is 2.28. The fourth-order valence-electron chi connectivity index (χ4n) is 1.81. The Bertz CT molecular complexity index is 376.